The lowest BCUT2D eigenvalue weighted by Gasteiger charge is -2.23. The molecule has 1 fully saturated rings. The van der Waals surface area contributed by atoms with Gasteiger partial charge in [-0.15, -0.1) is 0 Å². The quantitative estimate of drug-likeness (QED) is 0.466. The maximum Gasteiger partial charge on any atom is 0.416 e. The maximum absolute atomic E-state index is 13.0. The number of nitrogens with one attached hydrogen (secondary N) is 2. The zero-order valence-corrected chi connectivity index (χ0v) is 18.5. The predicted octanol–water partition coefficient (Wildman–Crippen LogP) is 2.50. The van der Waals surface area contributed by atoms with Crippen LogP contribution in [0.4, 0.5) is 13.2 Å². The molecule has 1 aromatic heterocycles. The van der Waals surface area contributed by atoms with Gasteiger partial charge in [-0.25, -0.2) is 0 Å². The summed E-state index contributed by atoms with van der Waals surface area (Å²) in [7, 11) is 0. The van der Waals surface area contributed by atoms with E-state index in [0.717, 1.165) is 67.1 Å². The number of alkyl halides is 3. The fourth-order valence-corrected chi connectivity index (χ4v) is 3.89. The Morgan fingerprint density at radius 3 is 2.23 bits per heavy atom. The van der Waals surface area contributed by atoms with Crippen molar-refractivity contribution in [2.45, 2.75) is 50.9 Å². The number of carboxylic acid groups (broad SMARTS) is 1. The molecular formula is C23H24F3N3O6. The average Bonchev–Trinajstić information content (AvgIpc) is 2.80. The van der Waals surface area contributed by atoms with Gasteiger partial charge in [-0.2, -0.15) is 13.2 Å². The highest BCUT2D eigenvalue weighted by Crippen LogP contribution is 2.29. The van der Waals surface area contributed by atoms with Gasteiger partial charge in [0.05, 0.1) is 17.7 Å². The minimum atomic E-state index is -4.55. The highest BCUT2D eigenvalue weighted by atomic mass is 19.4. The first-order valence-electron chi connectivity index (χ1n) is 10.9. The third-order valence-electron chi connectivity index (χ3n) is 5.70. The monoisotopic (exact) mass is 495 g/mol. The van der Waals surface area contributed by atoms with Crippen LogP contribution in [0.3, 0.4) is 0 Å². The van der Waals surface area contributed by atoms with E-state index in [1.165, 1.54) is 0 Å². The third kappa shape index (κ3) is 6.40. The molecule has 1 aromatic carbocycles. The highest BCUT2D eigenvalue weighted by Gasteiger charge is 2.30. The normalized spacial score (nSPS) is 14.4. The molecule has 2 amide bonds. The van der Waals surface area contributed by atoms with Crippen LogP contribution < -0.4 is 16.2 Å². The second-order valence-electron chi connectivity index (χ2n) is 8.28. The molecule has 1 saturated carbocycles. The first kappa shape index (κ1) is 25.8. The van der Waals surface area contributed by atoms with Crippen LogP contribution in [-0.4, -0.2) is 45.2 Å². The van der Waals surface area contributed by atoms with Gasteiger partial charge in [0.1, 0.15) is 17.9 Å². The molecule has 0 unspecified atom stereocenters. The Hall–Kier alpha value is -3.83. The average molecular weight is 495 g/mol. The van der Waals surface area contributed by atoms with Crippen molar-refractivity contribution in [2.24, 2.45) is 0 Å². The molecule has 12 heteroatoms. The summed E-state index contributed by atoms with van der Waals surface area (Å²) in [5.41, 5.74) is -2.89. The summed E-state index contributed by atoms with van der Waals surface area (Å²) in [4.78, 5) is 49.2. The number of nitrogens with zero attached hydrogens (tertiary/aromatic N) is 1. The van der Waals surface area contributed by atoms with Gasteiger partial charge in [0.25, 0.3) is 17.4 Å². The molecule has 3 rings (SSSR count). The Kier molecular flexibility index (Phi) is 7.82. The lowest BCUT2D eigenvalue weighted by molar-refractivity contribution is -0.138. The van der Waals surface area contributed by atoms with Gasteiger partial charge in [-0.1, -0.05) is 31.4 Å². The van der Waals surface area contributed by atoms with Crippen molar-refractivity contribution < 1.29 is 37.8 Å². The van der Waals surface area contributed by atoms with E-state index in [1.54, 1.807) is 0 Å². The Morgan fingerprint density at radius 1 is 1.03 bits per heavy atom. The van der Waals surface area contributed by atoms with Gasteiger partial charge >= 0.3 is 12.1 Å². The van der Waals surface area contributed by atoms with Crippen LogP contribution in [0, 0.1) is 0 Å². The van der Waals surface area contributed by atoms with Crippen LogP contribution in [0.5, 0.6) is 5.75 Å². The first-order chi connectivity index (χ1) is 16.5. The Labute approximate surface area is 197 Å². The minimum absolute atomic E-state index is 0.157. The first-order valence-corrected chi connectivity index (χ1v) is 10.9. The molecule has 9 nitrogen and oxygen atoms in total. The van der Waals surface area contributed by atoms with Crippen molar-refractivity contribution in [1.82, 2.24) is 15.2 Å². The summed E-state index contributed by atoms with van der Waals surface area (Å²) >= 11 is 0. The molecule has 0 spiro atoms. The summed E-state index contributed by atoms with van der Waals surface area (Å²) in [5.74, 6) is -4.24. The van der Waals surface area contributed by atoms with Gasteiger partial charge in [0.15, 0.2) is 0 Å². The van der Waals surface area contributed by atoms with Gasteiger partial charge in [-0.3, -0.25) is 19.2 Å². The number of aliphatic carboxylic acids is 1. The molecule has 35 heavy (non-hydrogen) atoms. The largest absolute Gasteiger partial charge is 0.506 e. The number of hydrogen-bond donors (Lipinski definition) is 4. The molecular weight excluding hydrogens is 471 g/mol. The highest BCUT2D eigenvalue weighted by molar-refractivity contribution is 6.04. The number of aromatic nitrogens is 1. The molecule has 0 radical (unpaired) electrons. The molecule has 0 aliphatic heterocycles. The van der Waals surface area contributed by atoms with E-state index >= 15 is 0 Å². The number of benzene rings is 1. The van der Waals surface area contributed by atoms with E-state index in [0.29, 0.717) is 0 Å². The number of halogens is 3. The molecule has 0 atom stereocenters. The van der Waals surface area contributed by atoms with Crippen LogP contribution in [0.2, 0.25) is 0 Å². The third-order valence-corrected chi connectivity index (χ3v) is 5.70. The van der Waals surface area contributed by atoms with Crippen molar-refractivity contribution >= 4 is 17.8 Å². The summed E-state index contributed by atoms with van der Waals surface area (Å²) < 4.78 is 39.5. The van der Waals surface area contributed by atoms with Crippen LogP contribution in [0.15, 0.2) is 35.3 Å². The van der Waals surface area contributed by atoms with Gasteiger partial charge in [-0.05, 0) is 30.5 Å². The van der Waals surface area contributed by atoms with Crippen molar-refractivity contribution in [3.8, 4) is 5.75 Å². The molecule has 1 aliphatic rings. The van der Waals surface area contributed by atoms with Crippen molar-refractivity contribution in [1.29, 1.82) is 0 Å². The molecule has 4 N–H and O–H groups in total. The number of rotatable bonds is 7. The lowest BCUT2D eigenvalue weighted by Crippen LogP contribution is -2.39. The van der Waals surface area contributed by atoms with Gasteiger partial charge < -0.3 is 25.4 Å². The summed E-state index contributed by atoms with van der Waals surface area (Å²) in [6.45, 7) is -1.14. The minimum Gasteiger partial charge on any atom is -0.506 e. The Bertz CT molecular complexity index is 1170. The number of pyridine rings is 1. The van der Waals surface area contributed by atoms with E-state index in [-0.39, 0.29) is 23.7 Å². The van der Waals surface area contributed by atoms with Crippen LogP contribution in [-0.2, 0) is 17.5 Å². The molecule has 1 aliphatic carbocycles. The van der Waals surface area contributed by atoms with Crippen molar-refractivity contribution in [3.63, 3.8) is 0 Å². The van der Waals surface area contributed by atoms with E-state index in [1.807, 2.05) is 5.32 Å². The lowest BCUT2D eigenvalue weighted by atomic mass is 9.95. The molecule has 1 heterocycles. The molecule has 0 saturated heterocycles. The maximum atomic E-state index is 13.0. The van der Waals surface area contributed by atoms with Gasteiger partial charge in [0, 0.05) is 12.2 Å². The van der Waals surface area contributed by atoms with Crippen LogP contribution >= 0.6 is 0 Å². The SMILES string of the molecule is O=C(O)CNC(=O)c1c(O)c(C(=O)NC2CCCCC2)cn(Cc2ccc(C(F)(F)F)cc2)c1=O. The van der Waals surface area contributed by atoms with E-state index in [2.05, 4.69) is 5.32 Å². The topological polar surface area (TPSA) is 138 Å². The Morgan fingerprint density at radius 2 is 1.66 bits per heavy atom. The second-order valence-corrected chi connectivity index (χ2v) is 8.28. The van der Waals surface area contributed by atoms with Gasteiger partial charge in [0.2, 0.25) is 0 Å². The fraction of sp³-hybridized carbons (Fsp3) is 0.391. The van der Waals surface area contributed by atoms with Crippen LogP contribution in [0.1, 0.15) is 63.9 Å². The molecule has 188 valence electrons. The number of aromatic hydroxyl groups is 1. The zero-order valence-electron chi connectivity index (χ0n) is 18.5. The van der Waals surface area contributed by atoms with Crippen molar-refractivity contribution in [2.75, 3.05) is 6.54 Å². The number of carboxylic acids is 1. The van der Waals surface area contributed by atoms with E-state index in [4.69, 9.17) is 5.11 Å². The zero-order chi connectivity index (χ0) is 25.8. The number of amides is 2. The smallest absolute Gasteiger partial charge is 0.416 e. The number of carbonyl (C=O) groups excluding carboxylic acids is 2. The summed E-state index contributed by atoms with van der Waals surface area (Å²) in [5, 5.41) is 24.1. The molecule has 2 aromatic rings. The number of carbonyl (C=O) groups is 3. The van der Waals surface area contributed by atoms with E-state index < -0.39 is 52.9 Å². The predicted molar refractivity (Wildman–Crippen MR) is 117 cm³/mol. The van der Waals surface area contributed by atoms with E-state index in [9.17, 15) is 37.5 Å². The summed E-state index contributed by atoms with van der Waals surface area (Å²) in [6.07, 6.45) is 0.784. The van der Waals surface area contributed by atoms with Crippen LogP contribution in [0.25, 0.3) is 0 Å². The molecule has 0 bridgehead atoms. The fourth-order valence-electron chi connectivity index (χ4n) is 3.89. The number of hydrogen-bond acceptors (Lipinski definition) is 5. The standard InChI is InChI=1S/C23H24F3N3O6/c24-23(25,26)14-8-6-13(7-9-14)11-29-12-16(20(33)28-15-4-2-1-3-5-15)19(32)18(22(29)35)21(34)27-10-17(30)31/h6-9,12,15,32H,1-5,10-11H2,(H,27,34)(H,28,33)(H,30,31). The van der Waals surface area contributed by atoms with Crippen molar-refractivity contribution in [3.05, 3.63) is 63.1 Å². The second kappa shape index (κ2) is 10.6. The Balaban J connectivity index is 1.99. The summed E-state index contributed by atoms with van der Waals surface area (Å²) in [6, 6.07) is 3.80.